The van der Waals surface area contributed by atoms with Crippen LogP contribution in [0.2, 0.25) is 0 Å². The Labute approximate surface area is 122 Å². The fraction of sp³-hybridized carbons (Fsp3) is 0.267. The van der Waals surface area contributed by atoms with Crippen LogP contribution in [0.15, 0.2) is 36.7 Å². The van der Waals surface area contributed by atoms with Crippen molar-refractivity contribution in [1.29, 1.82) is 0 Å². The van der Waals surface area contributed by atoms with Gasteiger partial charge in [0.15, 0.2) is 6.10 Å². The molecule has 1 atom stereocenters. The van der Waals surface area contributed by atoms with Crippen molar-refractivity contribution < 1.29 is 19.1 Å². The summed E-state index contributed by atoms with van der Waals surface area (Å²) in [6, 6.07) is 6.64. The molecule has 0 saturated carbocycles. The van der Waals surface area contributed by atoms with E-state index in [9.17, 15) is 9.59 Å². The number of hydrogen-bond donors (Lipinski definition) is 0. The molecule has 0 saturated heterocycles. The van der Waals surface area contributed by atoms with Gasteiger partial charge in [-0.25, -0.2) is 4.79 Å². The van der Waals surface area contributed by atoms with Gasteiger partial charge >= 0.3 is 5.97 Å². The van der Waals surface area contributed by atoms with Crippen molar-refractivity contribution in [3.05, 3.63) is 47.8 Å². The van der Waals surface area contributed by atoms with E-state index in [2.05, 4.69) is 5.10 Å². The second-order valence-electron chi connectivity index (χ2n) is 4.54. The number of ether oxygens (including phenoxy) is 2. The lowest BCUT2D eigenvalue weighted by atomic mass is 10.1. The van der Waals surface area contributed by atoms with Gasteiger partial charge in [-0.15, -0.1) is 0 Å². The molecule has 0 aliphatic rings. The summed E-state index contributed by atoms with van der Waals surface area (Å²) in [6.07, 6.45) is 2.06. The van der Waals surface area contributed by atoms with Crippen LogP contribution in [0.25, 0.3) is 0 Å². The number of methoxy groups -OCH3 is 1. The topological polar surface area (TPSA) is 70.4 Å². The lowest BCUT2D eigenvalue weighted by molar-refractivity contribution is 0.0318. The molecule has 0 unspecified atom stereocenters. The van der Waals surface area contributed by atoms with Crippen LogP contribution >= 0.6 is 0 Å². The third-order valence-electron chi connectivity index (χ3n) is 2.97. The molecule has 110 valence electrons. The van der Waals surface area contributed by atoms with Crippen molar-refractivity contribution in [1.82, 2.24) is 9.78 Å². The van der Waals surface area contributed by atoms with Crippen LogP contribution in [-0.4, -0.2) is 34.7 Å². The van der Waals surface area contributed by atoms with Crippen LogP contribution in [-0.2, 0) is 11.8 Å². The third-order valence-corrected chi connectivity index (χ3v) is 2.97. The summed E-state index contributed by atoms with van der Waals surface area (Å²) in [5.74, 6) is -0.182. The first kappa shape index (κ1) is 14.8. The molecule has 0 aliphatic carbocycles. The number of ketones is 1. The zero-order valence-electron chi connectivity index (χ0n) is 12.1. The van der Waals surface area contributed by atoms with Gasteiger partial charge in [-0.3, -0.25) is 9.48 Å². The summed E-state index contributed by atoms with van der Waals surface area (Å²) in [5.41, 5.74) is 0.772. The quantitative estimate of drug-likeness (QED) is 0.620. The van der Waals surface area contributed by atoms with Gasteiger partial charge in [0.1, 0.15) is 5.75 Å². The molecule has 6 heteroatoms. The molecule has 2 aromatic rings. The van der Waals surface area contributed by atoms with Crippen molar-refractivity contribution >= 4 is 11.8 Å². The van der Waals surface area contributed by atoms with Crippen molar-refractivity contribution in [2.75, 3.05) is 7.11 Å². The molecule has 1 aromatic heterocycles. The summed E-state index contributed by atoms with van der Waals surface area (Å²) in [6.45, 7) is 1.54. The molecule has 0 N–H and O–H groups in total. The third kappa shape index (κ3) is 3.47. The van der Waals surface area contributed by atoms with E-state index >= 15 is 0 Å². The molecule has 2 rings (SSSR count). The number of esters is 1. The van der Waals surface area contributed by atoms with Gasteiger partial charge in [0, 0.05) is 18.8 Å². The SMILES string of the molecule is COc1ccc(C(=O)[C@H](C)OC(=O)c2cnn(C)c2)cc1. The Balaban J connectivity index is 2.03. The molecule has 6 nitrogen and oxygen atoms in total. The van der Waals surface area contributed by atoms with E-state index in [1.807, 2.05) is 0 Å². The average molecular weight is 288 g/mol. The van der Waals surface area contributed by atoms with E-state index in [-0.39, 0.29) is 5.78 Å². The zero-order valence-corrected chi connectivity index (χ0v) is 12.1. The predicted molar refractivity (Wildman–Crippen MR) is 75.4 cm³/mol. The summed E-state index contributed by atoms with van der Waals surface area (Å²) in [7, 11) is 3.25. The maximum absolute atomic E-state index is 12.2. The lowest BCUT2D eigenvalue weighted by Gasteiger charge is -2.11. The lowest BCUT2D eigenvalue weighted by Crippen LogP contribution is -2.24. The highest BCUT2D eigenvalue weighted by atomic mass is 16.5. The van der Waals surface area contributed by atoms with E-state index in [0.29, 0.717) is 16.9 Å². The maximum Gasteiger partial charge on any atom is 0.342 e. The fourth-order valence-corrected chi connectivity index (χ4v) is 1.80. The van der Waals surface area contributed by atoms with E-state index in [4.69, 9.17) is 9.47 Å². The molecule has 1 aromatic carbocycles. The number of benzene rings is 1. The molecular formula is C15H16N2O4. The van der Waals surface area contributed by atoms with Gasteiger partial charge in [0.25, 0.3) is 0 Å². The van der Waals surface area contributed by atoms with Crippen molar-refractivity contribution in [3.8, 4) is 5.75 Å². The standard InChI is InChI=1S/C15H16N2O4/c1-10(21-15(19)12-8-16-17(2)9-12)14(18)11-4-6-13(20-3)7-5-11/h4-10H,1-3H3/t10-/m0/s1. The van der Waals surface area contributed by atoms with E-state index in [0.717, 1.165) is 0 Å². The molecule has 0 radical (unpaired) electrons. The number of carbonyl (C=O) groups is 2. The van der Waals surface area contributed by atoms with Gasteiger partial charge in [0.2, 0.25) is 5.78 Å². The molecule has 0 amide bonds. The Morgan fingerprint density at radius 3 is 2.38 bits per heavy atom. The highest BCUT2D eigenvalue weighted by Crippen LogP contribution is 2.14. The Hall–Kier alpha value is -2.63. The number of aryl methyl sites for hydroxylation is 1. The highest BCUT2D eigenvalue weighted by molar-refractivity contribution is 6.01. The molecule has 0 aliphatic heterocycles. The molecule has 0 bridgehead atoms. The molecule has 21 heavy (non-hydrogen) atoms. The molecular weight excluding hydrogens is 272 g/mol. The summed E-state index contributed by atoms with van der Waals surface area (Å²) < 4.78 is 11.7. The van der Waals surface area contributed by atoms with Gasteiger partial charge in [-0.1, -0.05) is 0 Å². The van der Waals surface area contributed by atoms with Crippen LogP contribution in [0.1, 0.15) is 27.6 Å². The minimum absolute atomic E-state index is 0.269. The van der Waals surface area contributed by atoms with Crippen LogP contribution in [0.5, 0.6) is 5.75 Å². The zero-order chi connectivity index (χ0) is 15.4. The maximum atomic E-state index is 12.2. The molecule has 0 spiro atoms. The van der Waals surface area contributed by atoms with Crippen molar-refractivity contribution in [2.45, 2.75) is 13.0 Å². The first-order valence-corrected chi connectivity index (χ1v) is 6.39. The number of hydrogen-bond acceptors (Lipinski definition) is 5. The summed E-state index contributed by atoms with van der Waals surface area (Å²) in [5, 5.41) is 3.88. The summed E-state index contributed by atoms with van der Waals surface area (Å²) in [4.78, 5) is 24.0. The van der Waals surface area contributed by atoms with Crippen LogP contribution in [0.4, 0.5) is 0 Å². The second kappa shape index (κ2) is 6.21. The number of nitrogens with zero attached hydrogens (tertiary/aromatic N) is 2. The Bertz CT molecular complexity index is 646. The minimum Gasteiger partial charge on any atom is -0.497 e. The van der Waals surface area contributed by atoms with E-state index in [1.165, 1.54) is 17.1 Å². The van der Waals surface area contributed by atoms with E-state index in [1.54, 1.807) is 45.3 Å². The van der Waals surface area contributed by atoms with E-state index < -0.39 is 12.1 Å². The molecule has 0 fully saturated rings. The first-order chi connectivity index (χ1) is 10.0. The second-order valence-corrected chi connectivity index (χ2v) is 4.54. The van der Waals surface area contributed by atoms with Gasteiger partial charge in [-0.2, -0.15) is 5.10 Å². The van der Waals surface area contributed by atoms with Crippen molar-refractivity contribution in [2.24, 2.45) is 7.05 Å². The number of aromatic nitrogens is 2. The summed E-state index contributed by atoms with van der Waals surface area (Å²) >= 11 is 0. The normalized spacial score (nSPS) is 11.8. The predicted octanol–water partition coefficient (Wildman–Crippen LogP) is 1.86. The van der Waals surface area contributed by atoms with Crippen LogP contribution in [0.3, 0.4) is 0 Å². The number of rotatable bonds is 5. The first-order valence-electron chi connectivity index (χ1n) is 6.39. The van der Waals surface area contributed by atoms with Gasteiger partial charge in [-0.05, 0) is 31.2 Å². The molecule has 1 heterocycles. The van der Waals surface area contributed by atoms with Crippen molar-refractivity contribution in [3.63, 3.8) is 0 Å². The smallest absolute Gasteiger partial charge is 0.342 e. The Morgan fingerprint density at radius 1 is 1.19 bits per heavy atom. The Kier molecular flexibility index (Phi) is 4.37. The minimum atomic E-state index is -0.869. The van der Waals surface area contributed by atoms with Crippen LogP contribution < -0.4 is 4.74 Å². The highest BCUT2D eigenvalue weighted by Gasteiger charge is 2.21. The number of Topliss-reactive ketones (excluding diaryl/α,β-unsaturated/α-hetero) is 1. The monoisotopic (exact) mass is 288 g/mol. The fourth-order valence-electron chi connectivity index (χ4n) is 1.80. The number of carbonyl (C=O) groups excluding carboxylic acids is 2. The Morgan fingerprint density at radius 2 is 1.86 bits per heavy atom. The van der Waals surface area contributed by atoms with Gasteiger partial charge in [0.05, 0.1) is 18.9 Å². The van der Waals surface area contributed by atoms with Gasteiger partial charge < -0.3 is 9.47 Å². The largest absolute Gasteiger partial charge is 0.497 e. The average Bonchev–Trinajstić information content (AvgIpc) is 2.93. The van der Waals surface area contributed by atoms with Crippen LogP contribution in [0, 0.1) is 0 Å².